The minimum Gasteiger partial charge on any atom is -0.486 e. The maximum Gasteiger partial charge on any atom is 0.338 e. The topological polar surface area (TPSA) is 134 Å². The number of hydrogen-bond donors (Lipinski definition) is 2. The molecule has 1 unspecified atom stereocenters. The van der Waals surface area contributed by atoms with Gasteiger partial charge in [0.15, 0.2) is 17.6 Å². The standard InChI is InChI=1S/C18H18N2O7S/c1-11(27-18(22)12-2-5-14(6-3-12)28(19,23)24)17(21)20-13-4-7-15-16(10-13)26-9-8-25-15/h2-7,10-11H,8-9H2,1H3,(H,20,21)(H2,19,23,24). The Hall–Kier alpha value is -3.11. The van der Waals surface area contributed by atoms with Crippen LogP contribution in [0, 0.1) is 0 Å². The highest BCUT2D eigenvalue weighted by Crippen LogP contribution is 2.32. The zero-order valence-corrected chi connectivity index (χ0v) is 15.7. The number of benzene rings is 2. The van der Waals surface area contributed by atoms with Gasteiger partial charge < -0.3 is 19.5 Å². The number of ether oxygens (including phenoxy) is 3. The minimum absolute atomic E-state index is 0.0892. The first-order valence-electron chi connectivity index (χ1n) is 8.28. The van der Waals surface area contributed by atoms with Crippen LogP contribution >= 0.6 is 0 Å². The van der Waals surface area contributed by atoms with Gasteiger partial charge in [-0.3, -0.25) is 4.79 Å². The van der Waals surface area contributed by atoms with Crippen LogP contribution in [0.15, 0.2) is 47.4 Å². The Kier molecular flexibility index (Phi) is 5.52. The van der Waals surface area contributed by atoms with Gasteiger partial charge in [0.1, 0.15) is 13.2 Å². The number of carbonyl (C=O) groups excluding carboxylic acids is 2. The van der Waals surface area contributed by atoms with Crippen LogP contribution in [-0.4, -0.2) is 39.6 Å². The van der Waals surface area contributed by atoms with E-state index in [0.29, 0.717) is 30.4 Å². The van der Waals surface area contributed by atoms with E-state index in [4.69, 9.17) is 19.3 Å². The third kappa shape index (κ3) is 4.59. The molecule has 0 fully saturated rings. The van der Waals surface area contributed by atoms with Gasteiger partial charge >= 0.3 is 5.97 Å². The Morgan fingerprint density at radius 3 is 2.36 bits per heavy atom. The maximum atomic E-state index is 12.3. The maximum absolute atomic E-state index is 12.3. The molecule has 28 heavy (non-hydrogen) atoms. The monoisotopic (exact) mass is 406 g/mol. The summed E-state index contributed by atoms with van der Waals surface area (Å²) in [6, 6.07) is 9.82. The van der Waals surface area contributed by atoms with Crippen molar-refractivity contribution in [1.82, 2.24) is 0 Å². The van der Waals surface area contributed by atoms with Crippen molar-refractivity contribution in [2.24, 2.45) is 5.14 Å². The number of hydrogen-bond acceptors (Lipinski definition) is 7. The van der Waals surface area contributed by atoms with Gasteiger partial charge in [-0.15, -0.1) is 0 Å². The van der Waals surface area contributed by atoms with Crippen molar-refractivity contribution in [2.45, 2.75) is 17.9 Å². The van der Waals surface area contributed by atoms with Crippen LogP contribution in [0.5, 0.6) is 11.5 Å². The summed E-state index contributed by atoms with van der Waals surface area (Å²) in [7, 11) is -3.86. The Labute approximate surface area is 161 Å². The van der Waals surface area contributed by atoms with Crippen LogP contribution in [0.25, 0.3) is 0 Å². The number of esters is 1. The van der Waals surface area contributed by atoms with Crippen molar-refractivity contribution < 1.29 is 32.2 Å². The van der Waals surface area contributed by atoms with E-state index in [1.165, 1.54) is 31.2 Å². The first-order valence-corrected chi connectivity index (χ1v) is 9.83. The molecule has 1 heterocycles. The second kappa shape index (κ2) is 7.87. The van der Waals surface area contributed by atoms with Crippen molar-refractivity contribution in [3.63, 3.8) is 0 Å². The summed E-state index contributed by atoms with van der Waals surface area (Å²) in [5.74, 6) is -0.202. The van der Waals surface area contributed by atoms with E-state index in [1.807, 2.05) is 0 Å². The highest BCUT2D eigenvalue weighted by atomic mass is 32.2. The molecule has 1 aliphatic heterocycles. The lowest BCUT2D eigenvalue weighted by atomic mass is 10.2. The van der Waals surface area contributed by atoms with Crippen molar-refractivity contribution >= 4 is 27.6 Å². The lowest BCUT2D eigenvalue weighted by Crippen LogP contribution is -2.30. The molecule has 0 aromatic heterocycles. The first-order chi connectivity index (χ1) is 13.2. The molecule has 1 atom stereocenters. The third-order valence-electron chi connectivity index (χ3n) is 3.88. The minimum atomic E-state index is -3.86. The van der Waals surface area contributed by atoms with Gasteiger partial charge in [-0.05, 0) is 43.3 Å². The number of primary sulfonamides is 1. The van der Waals surface area contributed by atoms with Crippen LogP contribution in [-0.2, 0) is 19.6 Å². The zero-order chi connectivity index (χ0) is 20.3. The number of amides is 1. The summed E-state index contributed by atoms with van der Waals surface area (Å²) in [6.45, 7) is 2.30. The molecule has 0 bridgehead atoms. The smallest absolute Gasteiger partial charge is 0.338 e. The largest absolute Gasteiger partial charge is 0.486 e. The van der Waals surface area contributed by atoms with Crippen LogP contribution < -0.4 is 19.9 Å². The predicted molar refractivity (Wildman–Crippen MR) is 98.8 cm³/mol. The molecule has 0 radical (unpaired) electrons. The number of rotatable bonds is 5. The average molecular weight is 406 g/mol. The van der Waals surface area contributed by atoms with Gasteiger partial charge in [0.2, 0.25) is 10.0 Å². The average Bonchev–Trinajstić information content (AvgIpc) is 2.67. The quantitative estimate of drug-likeness (QED) is 0.715. The molecule has 148 valence electrons. The van der Waals surface area contributed by atoms with E-state index in [2.05, 4.69) is 5.32 Å². The number of sulfonamides is 1. The van der Waals surface area contributed by atoms with E-state index < -0.39 is 28.0 Å². The van der Waals surface area contributed by atoms with Gasteiger partial charge in [0, 0.05) is 11.8 Å². The van der Waals surface area contributed by atoms with E-state index in [1.54, 1.807) is 18.2 Å². The van der Waals surface area contributed by atoms with Crippen molar-refractivity contribution in [1.29, 1.82) is 0 Å². The Balaban J connectivity index is 1.61. The van der Waals surface area contributed by atoms with E-state index in [9.17, 15) is 18.0 Å². The summed E-state index contributed by atoms with van der Waals surface area (Å²) in [5.41, 5.74) is 0.557. The van der Waals surface area contributed by atoms with Gasteiger partial charge in [-0.2, -0.15) is 0 Å². The van der Waals surface area contributed by atoms with Gasteiger partial charge in [-0.1, -0.05) is 0 Å². The Morgan fingerprint density at radius 1 is 1.07 bits per heavy atom. The zero-order valence-electron chi connectivity index (χ0n) is 14.9. The molecular formula is C18H18N2O7S. The molecule has 10 heteroatoms. The second-order valence-electron chi connectivity index (χ2n) is 5.96. The summed E-state index contributed by atoms with van der Waals surface area (Å²) in [6.07, 6.45) is -1.08. The lowest BCUT2D eigenvalue weighted by Gasteiger charge is -2.19. The van der Waals surface area contributed by atoms with Gasteiger partial charge in [-0.25, -0.2) is 18.4 Å². The fraction of sp³-hybridized carbons (Fsp3) is 0.222. The highest BCUT2D eigenvalue weighted by molar-refractivity contribution is 7.89. The summed E-state index contributed by atoms with van der Waals surface area (Å²) in [5, 5.41) is 7.64. The highest BCUT2D eigenvalue weighted by Gasteiger charge is 2.20. The molecule has 0 spiro atoms. The van der Waals surface area contributed by atoms with Crippen LogP contribution in [0.3, 0.4) is 0 Å². The van der Waals surface area contributed by atoms with E-state index >= 15 is 0 Å². The van der Waals surface area contributed by atoms with Crippen LogP contribution in [0.2, 0.25) is 0 Å². The number of anilines is 1. The fourth-order valence-corrected chi connectivity index (χ4v) is 2.94. The fourth-order valence-electron chi connectivity index (χ4n) is 2.43. The lowest BCUT2D eigenvalue weighted by molar-refractivity contribution is -0.123. The molecule has 2 aromatic rings. The van der Waals surface area contributed by atoms with Crippen LogP contribution in [0.1, 0.15) is 17.3 Å². The first kappa shape index (κ1) is 19.6. The Morgan fingerprint density at radius 2 is 1.71 bits per heavy atom. The van der Waals surface area contributed by atoms with Gasteiger partial charge in [0.05, 0.1) is 10.5 Å². The van der Waals surface area contributed by atoms with Crippen LogP contribution in [0.4, 0.5) is 5.69 Å². The van der Waals surface area contributed by atoms with Gasteiger partial charge in [0.25, 0.3) is 5.91 Å². The SMILES string of the molecule is CC(OC(=O)c1ccc(S(N)(=O)=O)cc1)C(=O)Nc1ccc2c(c1)OCCO2. The normalized spacial score (nSPS) is 14.1. The molecule has 1 amide bonds. The molecule has 0 saturated carbocycles. The molecule has 9 nitrogen and oxygen atoms in total. The molecule has 3 rings (SSSR count). The number of nitrogens with one attached hydrogen (secondary N) is 1. The summed E-state index contributed by atoms with van der Waals surface area (Å²) in [4.78, 5) is 24.3. The predicted octanol–water partition coefficient (Wildman–Crippen LogP) is 1.29. The number of carbonyl (C=O) groups is 2. The molecular weight excluding hydrogens is 388 g/mol. The number of nitrogens with two attached hydrogens (primary N) is 1. The van der Waals surface area contributed by atoms with E-state index in [-0.39, 0.29) is 10.5 Å². The summed E-state index contributed by atoms with van der Waals surface area (Å²) >= 11 is 0. The molecule has 1 aliphatic rings. The van der Waals surface area contributed by atoms with E-state index in [0.717, 1.165) is 0 Å². The summed E-state index contributed by atoms with van der Waals surface area (Å²) < 4.78 is 38.5. The number of fused-ring (bicyclic) bond motifs is 1. The Bertz CT molecular complexity index is 1000. The molecule has 3 N–H and O–H groups in total. The second-order valence-corrected chi connectivity index (χ2v) is 7.53. The molecule has 0 aliphatic carbocycles. The van der Waals surface area contributed by atoms with Crippen molar-refractivity contribution in [2.75, 3.05) is 18.5 Å². The third-order valence-corrected chi connectivity index (χ3v) is 4.81. The van der Waals surface area contributed by atoms with Crippen molar-refractivity contribution in [3.05, 3.63) is 48.0 Å². The molecule has 2 aromatic carbocycles. The van der Waals surface area contributed by atoms with Crippen molar-refractivity contribution in [3.8, 4) is 11.5 Å². The molecule has 0 saturated heterocycles.